The molecule has 46 heavy (non-hydrogen) atoms. The van der Waals surface area contributed by atoms with Crippen molar-refractivity contribution in [3.05, 3.63) is 69.5 Å². The molecule has 8 nitrogen and oxygen atoms in total. The fourth-order valence-electron chi connectivity index (χ4n) is 7.36. The van der Waals surface area contributed by atoms with Crippen LogP contribution in [0.1, 0.15) is 67.4 Å². The van der Waals surface area contributed by atoms with Gasteiger partial charge >= 0.3 is 0 Å². The van der Waals surface area contributed by atoms with E-state index in [1.54, 1.807) is 38.3 Å². The fraction of sp³-hybridized carbons (Fsp3) is 0.571. The highest BCUT2D eigenvalue weighted by molar-refractivity contribution is 7.90. The van der Waals surface area contributed by atoms with Crippen molar-refractivity contribution in [1.82, 2.24) is 4.72 Å². The molecule has 0 radical (unpaired) electrons. The first kappa shape index (κ1) is 33.2. The van der Waals surface area contributed by atoms with Gasteiger partial charge in [-0.25, -0.2) is 17.5 Å². The molecule has 2 aliphatic carbocycles. The van der Waals surface area contributed by atoms with E-state index in [-0.39, 0.29) is 40.4 Å². The lowest BCUT2D eigenvalue weighted by Crippen LogP contribution is -2.47. The molecule has 7 rings (SSSR count). The fourth-order valence-corrected chi connectivity index (χ4v) is 8.87. The summed E-state index contributed by atoms with van der Waals surface area (Å²) in [6, 6.07) is 8.56. The van der Waals surface area contributed by atoms with Gasteiger partial charge in [0.05, 0.1) is 41.9 Å². The van der Waals surface area contributed by atoms with Crippen LogP contribution in [0, 0.1) is 29.5 Å². The zero-order chi connectivity index (χ0) is 32.6. The van der Waals surface area contributed by atoms with E-state index in [9.17, 15) is 13.2 Å². The first-order valence-corrected chi connectivity index (χ1v) is 18.3. The maximum absolute atomic E-state index is 15.4. The van der Waals surface area contributed by atoms with E-state index in [1.165, 1.54) is 5.57 Å². The van der Waals surface area contributed by atoms with Gasteiger partial charge in [0.2, 0.25) is 10.0 Å². The van der Waals surface area contributed by atoms with Crippen molar-refractivity contribution < 1.29 is 31.8 Å². The quantitative estimate of drug-likeness (QED) is 0.300. The van der Waals surface area contributed by atoms with Crippen molar-refractivity contribution in [3.8, 4) is 5.75 Å². The summed E-state index contributed by atoms with van der Waals surface area (Å²) < 4.78 is 62.8. The number of carbonyl (C=O) groups excluding carboxylic acids is 1. The van der Waals surface area contributed by atoms with Gasteiger partial charge < -0.3 is 19.1 Å². The number of hydrogen-bond donors (Lipinski definition) is 1. The van der Waals surface area contributed by atoms with E-state index in [4.69, 9.17) is 25.8 Å². The third kappa shape index (κ3) is 6.68. The van der Waals surface area contributed by atoms with Crippen LogP contribution in [0.4, 0.5) is 10.1 Å². The molecule has 0 spiro atoms. The molecule has 1 N–H and O–H groups in total. The van der Waals surface area contributed by atoms with Crippen molar-refractivity contribution in [2.24, 2.45) is 23.7 Å². The minimum Gasteiger partial charge on any atom is -0.491 e. The topological polar surface area (TPSA) is 94.2 Å². The van der Waals surface area contributed by atoms with Crippen molar-refractivity contribution in [1.29, 1.82) is 0 Å². The molecule has 3 aliphatic heterocycles. The number of allylic oxidation sites excluding steroid dienone is 1. The molecule has 250 valence electrons. The minimum absolute atomic E-state index is 0.0730. The van der Waals surface area contributed by atoms with Gasteiger partial charge in [0.1, 0.15) is 11.6 Å². The third-order valence-electron chi connectivity index (χ3n) is 10.6. The van der Waals surface area contributed by atoms with Crippen LogP contribution >= 0.6 is 11.6 Å². The smallest absolute Gasteiger partial charge is 0.264 e. The van der Waals surface area contributed by atoms with E-state index in [0.29, 0.717) is 62.8 Å². The molecule has 0 saturated heterocycles. The molecule has 1 amide bonds. The summed E-state index contributed by atoms with van der Waals surface area (Å²) in [5, 5.41) is -0.681. The van der Waals surface area contributed by atoms with Crippen molar-refractivity contribution in [2.75, 3.05) is 38.4 Å². The van der Waals surface area contributed by atoms with Crippen molar-refractivity contribution in [2.45, 2.75) is 70.3 Å². The highest BCUT2D eigenvalue weighted by Gasteiger charge is 2.44. The molecule has 0 unspecified atom stereocenters. The number of benzene rings is 2. The Balaban J connectivity index is 1.45. The van der Waals surface area contributed by atoms with Crippen LogP contribution < -0.4 is 14.4 Å². The van der Waals surface area contributed by atoms with Crippen molar-refractivity contribution in [3.63, 3.8) is 0 Å². The van der Waals surface area contributed by atoms with Crippen LogP contribution in [0.15, 0.2) is 42.0 Å². The summed E-state index contributed by atoms with van der Waals surface area (Å²) in [4.78, 5) is 15.7. The number of hydrogen-bond acceptors (Lipinski definition) is 7. The molecular weight excluding hydrogens is 631 g/mol. The number of nitrogens with zero attached hydrogens (tertiary/aromatic N) is 1. The SMILES string of the molecule is COCCO[C@H]1C2=C[C@@H](C2)[C@H](C)[C@@H](C)S(=O)(=O)NC(=O)c2ccc3c(c2)N(Cc2ccc(Cl)c(F)c2CCCCO3)C[C@@H]2CC[C@H]21. The number of carbonyl (C=O) groups is 1. The number of halogens is 2. The lowest BCUT2D eigenvalue weighted by atomic mass is 9.64. The maximum Gasteiger partial charge on any atom is 0.264 e. The predicted octanol–water partition coefficient (Wildman–Crippen LogP) is 6.30. The van der Waals surface area contributed by atoms with Crippen LogP contribution in [0.2, 0.25) is 5.02 Å². The molecule has 2 aromatic carbocycles. The Morgan fingerprint density at radius 1 is 1.13 bits per heavy atom. The summed E-state index contributed by atoms with van der Waals surface area (Å²) >= 11 is 6.24. The first-order chi connectivity index (χ1) is 22.1. The van der Waals surface area contributed by atoms with Gasteiger partial charge in [-0.2, -0.15) is 0 Å². The molecule has 2 aromatic rings. The summed E-state index contributed by atoms with van der Waals surface area (Å²) in [6.07, 6.45) is 6.83. The van der Waals surface area contributed by atoms with E-state index >= 15 is 4.39 Å². The van der Waals surface area contributed by atoms with Gasteiger partial charge in [-0.1, -0.05) is 30.7 Å². The number of sulfonamides is 1. The van der Waals surface area contributed by atoms with Crippen LogP contribution in [-0.4, -0.2) is 59.2 Å². The van der Waals surface area contributed by atoms with E-state index in [0.717, 1.165) is 31.2 Å². The highest BCUT2D eigenvalue weighted by atomic mass is 35.5. The molecule has 3 heterocycles. The number of rotatable bonds is 4. The number of amides is 1. The van der Waals surface area contributed by atoms with E-state index in [2.05, 4.69) is 15.7 Å². The molecular formula is C35H44ClFN2O6S. The molecule has 5 aliphatic rings. The Kier molecular flexibility index (Phi) is 9.99. The average molecular weight is 675 g/mol. The second kappa shape index (κ2) is 13.8. The average Bonchev–Trinajstić information content (AvgIpc) is 3.02. The Hall–Kier alpha value is -2.66. The standard InChI is InChI=1S/C35H44ClFN2O6S/c1-21-22(2)46(41,42)38-35(40)23-9-12-32-31(18-23)39(19-24-8-11-30(36)33(37)28(24)6-4-5-13-44-32)20-25-7-10-29(25)34(45-15-14-43-3)27-16-26(21)17-27/h8-9,11-12,16,18,21-22,25-26,29,34H,4-7,10,13-15,17,19-20H2,1-3H3,(H,38,40)/t21-,22-,25+,26+,29-,34+/m1/s1. The third-order valence-corrected chi connectivity index (χ3v) is 12.8. The molecule has 11 heteroatoms. The van der Waals surface area contributed by atoms with E-state index < -0.39 is 27.0 Å². The van der Waals surface area contributed by atoms with Crippen LogP contribution in [0.5, 0.6) is 5.75 Å². The predicted molar refractivity (Wildman–Crippen MR) is 176 cm³/mol. The first-order valence-electron chi connectivity index (χ1n) is 16.4. The van der Waals surface area contributed by atoms with Crippen LogP contribution in [0.25, 0.3) is 0 Å². The Morgan fingerprint density at radius 3 is 2.67 bits per heavy atom. The Morgan fingerprint density at radius 2 is 1.93 bits per heavy atom. The molecule has 4 bridgehead atoms. The zero-order valence-corrected chi connectivity index (χ0v) is 28.3. The lowest BCUT2D eigenvalue weighted by molar-refractivity contribution is -0.0417. The van der Waals surface area contributed by atoms with Crippen molar-refractivity contribution >= 4 is 33.2 Å². The monoisotopic (exact) mass is 674 g/mol. The summed E-state index contributed by atoms with van der Waals surface area (Å²) in [5.41, 5.74) is 3.53. The summed E-state index contributed by atoms with van der Waals surface area (Å²) in [5.74, 6) is -0.0617. The van der Waals surface area contributed by atoms with Gasteiger partial charge in [-0.05, 0) is 110 Å². The molecule has 0 aromatic heterocycles. The van der Waals surface area contributed by atoms with Gasteiger partial charge in [0.15, 0.2) is 0 Å². The lowest BCUT2D eigenvalue weighted by Gasteiger charge is -2.47. The zero-order valence-electron chi connectivity index (χ0n) is 26.8. The molecule has 1 fully saturated rings. The van der Waals surface area contributed by atoms with Gasteiger partial charge in [0.25, 0.3) is 5.91 Å². The summed E-state index contributed by atoms with van der Waals surface area (Å²) in [6.45, 7) is 5.98. The number of methoxy groups -OCH3 is 1. The molecule has 6 atom stereocenters. The summed E-state index contributed by atoms with van der Waals surface area (Å²) in [7, 11) is -2.31. The largest absolute Gasteiger partial charge is 0.491 e. The molecule has 1 saturated carbocycles. The Labute approximate surface area is 276 Å². The maximum atomic E-state index is 15.4. The Bertz CT molecular complexity index is 1600. The number of nitrogens with one attached hydrogen (secondary N) is 1. The normalized spacial score (nSPS) is 29.4. The minimum atomic E-state index is -3.97. The highest BCUT2D eigenvalue weighted by Crippen LogP contribution is 2.47. The van der Waals surface area contributed by atoms with Crippen LogP contribution in [0.3, 0.4) is 0 Å². The number of ether oxygens (including phenoxy) is 3. The second-order valence-corrected chi connectivity index (χ2v) is 15.7. The number of anilines is 1. The van der Waals surface area contributed by atoms with Gasteiger partial charge in [0, 0.05) is 25.8 Å². The second-order valence-electron chi connectivity index (χ2n) is 13.3. The van der Waals surface area contributed by atoms with Gasteiger partial charge in [-0.15, -0.1) is 0 Å². The van der Waals surface area contributed by atoms with Crippen LogP contribution in [-0.2, 0) is 32.5 Å². The van der Waals surface area contributed by atoms with E-state index in [1.807, 2.05) is 13.0 Å². The number of fused-ring (bicyclic) bond motifs is 5. The van der Waals surface area contributed by atoms with Gasteiger partial charge in [-0.3, -0.25) is 4.79 Å².